The van der Waals surface area contributed by atoms with Crippen LogP contribution in [0.2, 0.25) is 0 Å². The third kappa shape index (κ3) is 4.84. The maximum atomic E-state index is 13.7. The zero-order chi connectivity index (χ0) is 19.2. The Kier molecular flexibility index (Phi) is 6.05. The van der Waals surface area contributed by atoms with E-state index in [4.69, 9.17) is 4.74 Å². The summed E-state index contributed by atoms with van der Waals surface area (Å²) in [5.74, 6) is 0.674. The molecule has 1 aliphatic rings. The van der Waals surface area contributed by atoms with Crippen molar-refractivity contribution in [1.29, 1.82) is 0 Å². The molecule has 0 aliphatic carbocycles. The lowest BCUT2D eigenvalue weighted by Gasteiger charge is -2.17. The number of benzene rings is 1. The van der Waals surface area contributed by atoms with E-state index in [-0.39, 0.29) is 17.2 Å². The number of amides is 1. The monoisotopic (exact) mass is 373 g/mol. The fourth-order valence-corrected chi connectivity index (χ4v) is 3.00. The van der Waals surface area contributed by atoms with Crippen molar-refractivity contribution >= 4 is 17.7 Å². The second-order valence-electron chi connectivity index (χ2n) is 6.42. The van der Waals surface area contributed by atoms with Gasteiger partial charge in [0.05, 0.1) is 7.11 Å². The molecule has 2 N–H and O–H groups in total. The number of hydrogen-bond donors (Lipinski definition) is 2. The number of aryl methyl sites for hydroxylation is 1. The fourth-order valence-electron chi connectivity index (χ4n) is 3.00. The van der Waals surface area contributed by atoms with Crippen LogP contribution in [0.15, 0.2) is 24.3 Å². The number of carbonyl (C=O) groups is 1. The van der Waals surface area contributed by atoms with Crippen LogP contribution in [0.4, 0.5) is 16.2 Å². The van der Waals surface area contributed by atoms with E-state index in [1.807, 2.05) is 13.0 Å². The van der Waals surface area contributed by atoms with Crippen molar-refractivity contribution in [2.75, 3.05) is 43.5 Å². The van der Waals surface area contributed by atoms with Gasteiger partial charge in [-0.05, 0) is 38.0 Å². The van der Waals surface area contributed by atoms with E-state index in [1.165, 1.54) is 32.1 Å². The molecule has 0 unspecified atom stereocenters. The van der Waals surface area contributed by atoms with Gasteiger partial charge in [-0.2, -0.15) is 4.98 Å². The number of carbonyl (C=O) groups excluding carboxylic acids is 1. The molecule has 27 heavy (non-hydrogen) atoms. The Morgan fingerprint density at radius 3 is 2.70 bits per heavy atom. The number of aromatic nitrogens is 2. The summed E-state index contributed by atoms with van der Waals surface area (Å²) in [6.07, 6.45) is 2.37. The summed E-state index contributed by atoms with van der Waals surface area (Å²) in [4.78, 5) is 23.3. The van der Waals surface area contributed by atoms with E-state index in [0.29, 0.717) is 19.0 Å². The molecule has 0 spiro atoms. The second kappa shape index (κ2) is 8.66. The predicted octanol–water partition coefficient (Wildman–Crippen LogP) is 2.37. The first-order valence-electron chi connectivity index (χ1n) is 9.03. The summed E-state index contributed by atoms with van der Waals surface area (Å²) < 4.78 is 18.5. The minimum absolute atomic E-state index is 0.110. The first-order chi connectivity index (χ1) is 13.1. The van der Waals surface area contributed by atoms with E-state index < -0.39 is 5.82 Å². The van der Waals surface area contributed by atoms with Gasteiger partial charge in [-0.15, -0.1) is 0 Å². The maximum Gasteiger partial charge on any atom is 0.251 e. The highest BCUT2D eigenvalue weighted by atomic mass is 19.1. The number of ether oxygens (including phenoxy) is 1. The first kappa shape index (κ1) is 18.9. The van der Waals surface area contributed by atoms with Crippen LogP contribution in [0.25, 0.3) is 0 Å². The number of anilines is 2. The Balaban J connectivity index is 1.51. The predicted molar refractivity (Wildman–Crippen MR) is 102 cm³/mol. The van der Waals surface area contributed by atoms with Crippen LogP contribution in [-0.4, -0.2) is 49.2 Å². The highest BCUT2D eigenvalue weighted by Crippen LogP contribution is 2.20. The smallest absolute Gasteiger partial charge is 0.251 e. The zero-order valence-electron chi connectivity index (χ0n) is 15.6. The minimum Gasteiger partial charge on any atom is -0.494 e. The lowest BCUT2D eigenvalue weighted by atomic mass is 10.2. The molecule has 0 atom stereocenters. The normalized spacial score (nSPS) is 13.5. The quantitative estimate of drug-likeness (QED) is 0.726. The Morgan fingerprint density at radius 2 is 2.00 bits per heavy atom. The summed E-state index contributed by atoms with van der Waals surface area (Å²) in [6.45, 7) is 4.80. The van der Waals surface area contributed by atoms with E-state index >= 15 is 0 Å². The molecule has 1 fully saturated rings. The fraction of sp³-hybridized carbons (Fsp3) is 0.421. The Hall–Kier alpha value is -2.90. The Morgan fingerprint density at radius 1 is 1.22 bits per heavy atom. The van der Waals surface area contributed by atoms with Crippen LogP contribution < -0.4 is 20.3 Å². The third-order valence-electron chi connectivity index (χ3n) is 4.38. The Labute approximate surface area is 158 Å². The maximum absolute atomic E-state index is 13.7. The van der Waals surface area contributed by atoms with Crippen LogP contribution in [0, 0.1) is 12.7 Å². The van der Waals surface area contributed by atoms with Crippen molar-refractivity contribution in [2.45, 2.75) is 19.8 Å². The van der Waals surface area contributed by atoms with Gasteiger partial charge in [0.2, 0.25) is 5.95 Å². The van der Waals surface area contributed by atoms with Crippen molar-refractivity contribution < 1.29 is 13.9 Å². The molecule has 2 heterocycles. The van der Waals surface area contributed by atoms with Gasteiger partial charge in [-0.1, -0.05) is 0 Å². The van der Waals surface area contributed by atoms with Gasteiger partial charge in [-0.25, -0.2) is 9.37 Å². The topological polar surface area (TPSA) is 79.4 Å². The molecule has 144 valence electrons. The average molecular weight is 373 g/mol. The largest absolute Gasteiger partial charge is 0.494 e. The lowest BCUT2D eigenvalue weighted by molar-refractivity contribution is 0.0954. The van der Waals surface area contributed by atoms with Crippen LogP contribution in [0.5, 0.6) is 5.75 Å². The minimum atomic E-state index is -0.564. The number of nitrogens with zero attached hydrogens (tertiary/aromatic N) is 3. The lowest BCUT2D eigenvalue weighted by Crippen LogP contribution is -2.29. The summed E-state index contributed by atoms with van der Waals surface area (Å²) in [5.41, 5.74) is 1.14. The molecule has 8 heteroatoms. The molecule has 1 aliphatic heterocycles. The highest BCUT2D eigenvalue weighted by molar-refractivity contribution is 5.94. The molecule has 1 amide bonds. The van der Waals surface area contributed by atoms with E-state index in [9.17, 15) is 9.18 Å². The molecule has 1 aromatic carbocycles. The molecule has 0 saturated carbocycles. The number of halogens is 1. The van der Waals surface area contributed by atoms with Gasteiger partial charge in [0.1, 0.15) is 5.82 Å². The SMILES string of the molecule is COc1ccc(C(=O)NCCNc2nc(C)cc(N3CCCC3)n2)cc1F. The molecule has 1 saturated heterocycles. The van der Waals surface area contributed by atoms with E-state index in [1.54, 1.807) is 0 Å². The second-order valence-corrected chi connectivity index (χ2v) is 6.42. The number of rotatable bonds is 7. The van der Waals surface area contributed by atoms with Crippen LogP contribution in [0.3, 0.4) is 0 Å². The molecule has 0 bridgehead atoms. The molecule has 3 rings (SSSR count). The third-order valence-corrected chi connectivity index (χ3v) is 4.38. The van der Waals surface area contributed by atoms with Gasteiger partial charge in [0.15, 0.2) is 11.6 Å². The summed E-state index contributed by atoms with van der Waals surface area (Å²) in [5, 5.41) is 5.87. The Bertz CT molecular complexity index is 809. The molecule has 1 aromatic heterocycles. The van der Waals surface area contributed by atoms with E-state index in [0.717, 1.165) is 30.7 Å². The van der Waals surface area contributed by atoms with Gasteiger partial charge in [0, 0.05) is 43.5 Å². The molecule has 2 aromatic rings. The molecule has 0 radical (unpaired) electrons. The zero-order valence-corrected chi connectivity index (χ0v) is 15.6. The van der Waals surface area contributed by atoms with Crippen molar-refractivity contribution in [1.82, 2.24) is 15.3 Å². The van der Waals surface area contributed by atoms with Crippen LogP contribution >= 0.6 is 0 Å². The molecule has 7 nitrogen and oxygen atoms in total. The average Bonchev–Trinajstić information content (AvgIpc) is 3.19. The summed E-state index contributed by atoms with van der Waals surface area (Å²) >= 11 is 0. The van der Waals surface area contributed by atoms with Crippen molar-refractivity contribution in [2.24, 2.45) is 0 Å². The van der Waals surface area contributed by atoms with Crippen LogP contribution in [0.1, 0.15) is 28.9 Å². The van der Waals surface area contributed by atoms with Gasteiger partial charge in [0.25, 0.3) is 5.91 Å². The molecular formula is C19H24FN5O2. The van der Waals surface area contributed by atoms with Crippen LogP contribution in [-0.2, 0) is 0 Å². The van der Waals surface area contributed by atoms with Crippen molar-refractivity contribution in [3.63, 3.8) is 0 Å². The first-order valence-corrected chi connectivity index (χ1v) is 9.03. The summed E-state index contributed by atoms with van der Waals surface area (Å²) in [6, 6.07) is 6.10. The van der Waals surface area contributed by atoms with E-state index in [2.05, 4.69) is 25.5 Å². The van der Waals surface area contributed by atoms with Crippen molar-refractivity contribution in [3.05, 3.63) is 41.3 Å². The number of hydrogen-bond acceptors (Lipinski definition) is 6. The van der Waals surface area contributed by atoms with Crippen molar-refractivity contribution in [3.8, 4) is 5.75 Å². The van der Waals surface area contributed by atoms with Gasteiger partial charge >= 0.3 is 0 Å². The van der Waals surface area contributed by atoms with Gasteiger partial charge in [-0.3, -0.25) is 4.79 Å². The molecular weight excluding hydrogens is 349 g/mol. The summed E-state index contributed by atoms with van der Waals surface area (Å²) in [7, 11) is 1.38. The standard InChI is InChI=1S/C19H24FN5O2/c1-13-11-17(25-9-3-4-10-25)24-19(23-13)22-8-7-21-18(26)14-5-6-16(27-2)15(20)12-14/h5-6,11-12H,3-4,7-10H2,1-2H3,(H,21,26)(H,22,23,24). The van der Waals surface area contributed by atoms with Gasteiger partial charge < -0.3 is 20.3 Å². The number of methoxy groups -OCH3 is 1. The number of nitrogens with one attached hydrogen (secondary N) is 2. The highest BCUT2D eigenvalue weighted by Gasteiger charge is 2.15.